The fourth-order valence-electron chi connectivity index (χ4n) is 1.45. The van der Waals surface area contributed by atoms with Gasteiger partial charge in [-0.3, -0.25) is 10.1 Å². The molecule has 88 valence electrons. The lowest BCUT2D eigenvalue weighted by Crippen LogP contribution is -2.31. The Labute approximate surface area is 91.2 Å². The SMILES string of the molecule is Cc1cccc([N+](=O)[O-])c1CC(N)C(F)F. The number of aryl methyl sites for hydroxylation is 1. The van der Waals surface area contributed by atoms with Crippen LogP contribution in [0.4, 0.5) is 14.5 Å². The lowest BCUT2D eigenvalue weighted by Gasteiger charge is -2.12. The maximum Gasteiger partial charge on any atom is 0.272 e. The van der Waals surface area contributed by atoms with Gasteiger partial charge in [-0.1, -0.05) is 12.1 Å². The third-order valence-electron chi connectivity index (χ3n) is 2.35. The number of nitro benzene ring substituents is 1. The highest BCUT2D eigenvalue weighted by atomic mass is 19.3. The largest absolute Gasteiger partial charge is 0.323 e. The third kappa shape index (κ3) is 2.73. The minimum absolute atomic E-state index is 0.156. The minimum Gasteiger partial charge on any atom is -0.323 e. The number of hydrogen-bond donors (Lipinski definition) is 1. The maximum atomic E-state index is 12.3. The first-order valence-electron chi connectivity index (χ1n) is 4.70. The van der Waals surface area contributed by atoms with Crippen LogP contribution in [-0.2, 0) is 6.42 Å². The molecular weight excluding hydrogens is 218 g/mol. The van der Waals surface area contributed by atoms with Gasteiger partial charge in [-0.05, 0) is 12.5 Å². The molecule has 0 bridgehead atoms. The fourth-order valence-corrected chi connectivity index (χ4v) is 1.45. The molecule has 0 aliphatic rings. The van der Waals surface area contributed by atoms with E-state index in [0.717, 1.165) is 0 Å². The Kier molecular flexibility index (Phi) is 3.89. The molecule has 1 unspecified atom stereocenters. The zero-order chi connectivity index (χ0) is 12.3. The summed E-state index contributed by atoms with van der Waals surface area (Å²) in [7, 11) is 0. The first-order chi connectivity index (χ1) is 7.43. The average Bonchev–Trinajstić information content (AvgIpc) is 2.20. The van der Waals surface area contributed by atoms with Crippen molar-refractivity contribution in [2.24, 2.45) is 5.73 Å². The van der Waals surface area contributed by atoms with Crippen molar-refractivity contribution in [2.45, 2.75) is 25.8 Å². The summed E-state index contributed by atoms with van der Waals surface area (Å²) in [5.74, 6) is 0. The molecule has 6 heteroatoms. The topological polar surface area (TPSA) is 69.2 Å². The zero-order valence-corrected chi connectivity index (χ0v) is 8.69. The number of alkyl halides is 2. The van der Waals surface area contributed by atoms with Crippen LogP contribution in [0.2, 0.25) is 0 Å². The summed E-state index contributed by atoms with van der Waals surface area (Å²) in [5, 5.41) is 10.7. The average molecular weight is 230 g/mol. The number of nitro groups is 1. The minimum atomic E-state index is -2.68. The van der Waals surface area contributed by atoms with E-state index in [1.165, 1.54) is 12.1 Å². The highest BCUT2D eigenvalue weighted by Gasteiger charge is 2.22. The molecule has 0 fully saturated rings. The molecular formula is C10H12F2N2O2. The van der Waals surface area contributed by atoms with E-state index in [-0.39, 0.29) is 17.7 Å². The Morgan fingerprint density at radius 1 is 1.50 bits per heavy atom. The van der Waals surface area contributed by atoms with Crippen LogP contribution >= 0.6 is 0 Å². The molecule has 2 N–H and O–H groups in total. The monoisotopic (exact) mass is 230 g/mol. The van der Waals surface area contributed by atoms with E-state index in [1.807, 2.05) is 0 Å². The van der Waals surface area contributed by atoms with Crippen molar-refractivity contribution in [3.8, 4) is 0 Å². The first kappa shape index (κ1) is 12.5. The second kappa shape index (κ2) is 4.98. The highest BCUT2D eigenvalue weighted by molar-refractivity contribution is 5.45. The molecule has 0 aliphatic carbocycles. The molecule has 0 saturated carbocycles. The van der Waals surface area contributed by atoms with Gasteiger partial charge in [-0.2, -0.15) is 0 Å². The van der Waals surface area contributed by atoms with Gasteiger partial charge in [0.25, 0.3) is 12.1 Å². The third-order valence-corrected chi connectivity index (χ3v) is 2.35. The molecule has 0 spiro atoms. The summed E-state index contributed by atoms with van der Waals surface area (Å²) >= 11 is 0. The second-order valence-corrected chi connectivity index (χ2v) is 3.53. The van der Waals surface area contributed by atoms with E-state index in [9.17, 15) is 18.9 Å². The number of benzene rings is 1. The van der Waals surface area contributed by atoms with Crippen molar-refractivity contribution < 1.29 is 13.7 Å². The van der Waals surface area contributed by atoms with Crippen molar-refractivity contribution in [1.82, 2.24) is 0 Å². The van der Waals surface area contributed by atoms with Gasteiger partial charge in [0.1, 0.15) is 0 Å². The van der Waals surface area contributed by atoms with Gasteiger partial charge in [-0.15, -0.1) is 0 Å². The summed E-state index contributed by atoms with van der Waals surface area (Å²) in [6.45, 7) is 1.64. The van der Waals surface area contributed by atoms with E-state index in [2.05, 4.69) is 0 Å². The molecule has 4 nitrogen and oxygen atoms in total. The quantitative estimate of drug-likeness (QED) is 0.635. The van der Waals surface area contributed by atoms with Gasteiger partial charge >= 0.3 is 0 Å². The number of nitrogens with two attached hydrogens (primary N) is 1. The van der Waals surface area contributed by atoms with E-state index < -0.39 is 17.4 Å². The summed E-state index contributed by atoms with van der Waals surface area (Å²) in [6.07, 6.45) is -2.88. The smallest absolute Gasteiger partial charge is 0.272 e. The second-order valence-electron chi connectivity index (χ2n) is 3.53. The van der Waals surface area contributed by atoms with E-state index in [0.29, 0.717) is 5.56 Å². The Morgan fingerprint density at radius 3 is 2.62 bits per heavy atom. The molecule has 16 heavy (non-hydrogen) atoms. The van der Waals surface area contributed by atoms with Crippen molar-refractivity contribution in [2.75, 3.05) is 0 Å². The number of hydrogen-bond acceptors (Lipinski definition) is 3. The Morgan fingerprint density at radius 2 is 2.12 bits per heavy atom. The van der Waals surface area contributed by atoms with Crippen LogP contribution in [0, 0.1) is 17.0 Å². The normalized spacial score (nSPS) is 12.8. The standard InChI is InChI=1S/C10H12F2N2O2/c1-6-3-2-4-9(14(15)16)7(6)5-8(13)10(11)12/h2-4,8,10H,5,13H2,1H3. The Balaban J connectivity index is 3.06. The number of halogens is 2. The highest BCUT2D eigenvalue weighted by Crippen LogP contribution is 2.23. The molecule has 1 aromatic rings. The molecule has 0 heterocycles. The van der Waals surface area contributed by atoms with Gasteiger partial charge in [0.2, 0.25) is 0 Å². The zero-order valence-electron chi connectivity index (χ0n) is 8.69. The van der Waals surface area contributed by atoms with Crippen molar-refractivity contribution in [1.29, 1.82) is 0 Å². The van der Waals surface area contributed by atoms with Crippen molar-refractivity contribution in [3.63, 3.8) is 0 Å². The molecule has 0 saturated heterocycles. The van der Waals surface area contributed by atoms with Crippen LogP contribution in [0.1, 0.15) is 11.1 Å². The maximum absolute atomic E-state index is 12.3. The summed E-state index contributed by atoms with van der Waals surface area (Å²) in [4.78, 5) is 10.1. The predicted molar refractivity (Wildman–Crippen MR) is 55.5 cm³/mol. The Bertz CT molecular complexity index is 396. The van der Waals surface area contributed by atoms with Crippen LogP contribution in [0.3, 0.4) is 0 Å². The van der Waals surface area contributed by atoms with Crippen molar-refractivity contribution >= 4 is 5.69 Å². The van der Waals surface area contributed by atoms with Gasteiger partial charge in [0.05, 0.1) is 11.0 Å². The van der Waals surface area contributed by atoms with Crippen LogP contribution in [0.5, 0.6) is 0 Å². The van der Waals surface area contributed by atoms with Gasteiger partial charge < -0.3 is 5.73 Å². The van der Waals surface area contributed by atoms with Gasteiger partial charge in [0.15, 0.2) is 0 Å². The van der Waals surface area contributed by atoms with E-state index >= 15 is 0 Å². The van der Waals surface area contributed by atoms with Crippen molar-refractivity contribution in [3.05, 3.63) is 39.4 Å². The summed E-state index contributed by atoms with van der Waals surface area (Å²) < 4.78 is 24.6. The molecule has 1 aromatic carbocycles. The lowest BCUT2D eigenvalue weighted by atomic mass is 10.00. The van der Waals surface area contributed by atoms with E-state index in [4.69, 9.17) is 5.73 Å². The molecule has 1 atom stereocenters. The predicted octanol–water partition coefficient (Wildman–Crippen LogP) is 2.04. The Hall–Kier alpha value is -1.56. The fraction of sp³-hybridized carbons (Fsp3) is 0.400. The molecule has 0 aliphatic heterocycles. The summed E-state index contributed by atoms with van der Waals surface area (Å²) in [5.41, 5.74) is 5.94. The van der Waals surface area contributed by atoms with Gasteiger partial charge in [-0.25, -0.2) is 8.78 Å². The summed E-state index contributed by atoms with van der Waals surface area (Å²) in [6, 6.07) is 3.08. The van der Waals surface area contributed by atoms with Crippen LogP contribution in [0.25, 0.3) is 0 Å². The lowest BCUT2D eigenvalue weighted by molar-refractivity contribution is -0.385. The van der Waals surface area contributed by atoms with Gasteiger partial charge in [0, 0.05) is 18.1 Å². The molecule has 0 amide bonds. The number of rotatable bonds is 4. The first-order valence-corrected chi connectivity index (χ1v) is 4.70. The number of nitrogens with zero attached hydrogens (tertiary/aromatic N) is 1. The van der Waals surface area contributed by atoms with Crippen LogP contribution in [-0.4, -0.2) is 17.4 Å². The molecule has 0 aromatic heterocycles. The van der Waals surface area contributed by atoms with E-state index in [1.54, 1.807) is 13.0 Å². The molecule has 0 radical (unpaired) electrons. The van der Waals surface area contributed by atoms with Crippen LogP contribution < -0.4 is 5.73 Å². The molecule has 1 rings (SSSR count). The van der Waals surface area contributed by atoms with Crippen LogP contribution in [0.15, 0.2) is 18.2 Å².